The molecule has 1 amide bonds. The van der Waals surface area contributed by atoms with Crippen molar-refractivity contribution in [1.82, 2.24) is 4.98 Å². The van der Waals surface area contributed by atoms with Gasteiger partial charge in [-0.25, -0.2) is 4.98 Å². The molecule has 0 saturated carbocycles. The highest BCUT2D eigenvalue weighted by molar-refractivity contribution is 6.06. The van der Waals surface area contributed by atoms with E-state index in [1.807, 2.05) is 45.0 Å². The Balaban J connectivity index is 2.27. The fourth-order valence-corrected chi connectivity index (χ4v) is 2.17. The Labute approximate surface area is 125 Å². The molecule has 1 aromatic carbocycles. The van der Waals surface area contributed by atoms with Crippen molar-refractivity contribution in [1.29, 1.82) is 0 Å². The van der Waals surface area contributed by atoms with E-state index in [-0.39, 0.29) is 5.91 Å². The molecule has 0 aliphatic heterocycles. The standard InChI is InChI=1S/C17H21N3O/c1-4-18-16-12-14(10-11-19-16)17(21)20(5-2)15-8-6-13(3)7-9-15/h6-12H,4-5H2,1-3H3,(H,18,19). The first-order valence-electron chi connectivity index (χ1n) is 7.24. The Morgan fingerprint density at radius 2 is 1.90 bits per heavy atom. The van der Waals surface area contributed by atoms with Gasteiger partial charge in [-0.05, 0) is 45.0 Å². The Kier molecular flexibility index (Phi) is 4.93. The van der Waals surface area contributed by atoms with Crippen molar-refractivity contribution in [2.24, 2.45) is 0 Å². The highest BCUT2D eigenvalue weighted by atomic mass is 16.2. The summed E-state index contributed by atoms with van der Waals surface area (Å²) < 4.78 is 0. The summed E-state index contributed by atoms with van der Waals surface area (Å²) in [5.41, 5.74) is 2.74. The van der Waals surface area contributed by atoms with Crippen LogP contribution < -0.4 is 10.2 Å². The van der Waals surface area contributed by atoms with Crippen LogP contribution in [0.4, 0.5) is 11.5 Å². The normalized spacial score (nSPS) is 10.2. The van der Waals surface area contributed by atoms with Gasteiger partial charge in [0.2, 0.25) is 0 Å². The van der Waals surface area contributed by atoms with E-state index in [9.17, 15) is 4.79 Å². The lowest BCUT2D eigenvalue weighted by Gasteiger charge is -2.21. The molecular weight excluding hydrogens is 262 g/mol. The Morgan fingerprint density at radius 3 is 2.52 bits per heavy atom. The van der Waals surface area contributed by atoms with Crippen molar-refractivity contribution in [3.63, 3.8) is 0 Å². The number of hydrogen-bond donors (Lipinski definition) is 1. The van der Waals surface area contributed by atoms with Gasteiger partial charge in [0.05, 0.1) is 0 Å². The number of benzene rings is 1. The number of amides is 1. The molecule has 1 aromatic heterocycles. The van der Waals surface area contributed by atoms with Gasteiger partial charge in [-0.2, -0.15) is 0 Å². The molecule has 0 saturated heterocycles. The quantitative estimate of drug-likeness (QED) is 0.913. The lowest BCUT2D eigenvalue weighted by atomic mass is 10.1. The Morgan fingerprint density at radius 1 is 1.19 bits per heavy atom. The number of anilines is 2. The van der Waals surface area contributed by atoms with Crippen LogP contribution in [-0.4, -0.2) is 24.0 Å². The maximum absolute atomic E-state index is 12.7. The molecule has 0 spiro atoms. The second-order valence-electron chi connectivity index (χ2n) is 4.85. The van der Waals surface area contributed by atoms with Gasteiger partial charge in [-0.3, -0.25) is 4.79 Å². The van der Waals surface area contributed by atoms with Gasteiger partial charge in [-0.1, -0.05) is 17.7 Å². The molecule has 110 valence electrons. The van der Waals surface area contributed by atoms with Crippen LogP contribution in [0, 0.1) is 6.92 Å². The largest absolute Gasteiger partial charge is 0.370 e. The molecule has 2 aromatic rings. The summed E-state index contributed by atoms with van der Waals surface area (Å²) in [6.45, 7) is 7.42. The Hall–Kier alpha value is -2.36. The Bertz CT molecular complexity index is 608. The van der Waals surface area contributed by atoms with Crippen molar-refractivity contribution < 1.29 is 4.79 Å². The van der Waals surface area contributed by atoms with Crippen molar-refractivity contribution >= 4 is 17.4 Å². The molecule has 4 heteroatoms. The van der Waals surface area contributed by atoms with E-state index in [2.05, 4.69) is 10.3 Å². The van der Waals surface area contributed by atoms with E-state index in [1.165, 1.54) is 5.56 Å². The van der Waals surface area contributed by atoms with Crippen LogP contribution in [0.25, 0.3) is 0 Å². The number of pyridine rings is 1. The fourth-order valence-electron chi connectivity index (χ4n) is 2.17. The third-order valence-electron chi connectivity index (χ3n) is 3.27. The average Bonchev–Trinajstić information content (AvgIpc) is 2.50. The van der Waals surface area contributed by atoms with Crippen LogP contribution in [-0.2, 0) is 0 Å². The molecule has 1 heterocycles. The summed E-state index contributed by atoms with van der Waals surface area (Å²) in [6, 6.07) is 11.5. The van der Waals surface area contributed by atoms with Crippen LogP contribution in [0.15, 0.2) is 42.6 Å². The zero-order chi connectivity index (χ0) is 15.2. The predicted molar refractivity (Wildman–Crippen MR) is 86.9 cm³/mol. The summed E-state index contributed by atoms with van der Waals surface area (Å²) in [6.07, 6.45) is 1.66. The number of nitrogens with zero attached hydrogens (tertiary/aromatic N) is 2. The number of carbonyl (C=O) groups excluding carboxylic acids is 1. The van der Waals surface area contributed by atoms with Gasteiger partial charge < -0.3 is 10.2 Å². The van der Waals surface area contributed by atoms with Crippen LogP contribution in [0.2, 0.25) is 0 Å². The van der Waals surface area contributed by atoms with Gasteiger partial charge in [0.1, 0.15) is 5.82 Å². The summed E-state index contributed by atoms with van der Waals surface area (Å²) in [5.74, 6) is 0.714. The molecule has 0 bridgehead atoms. The van der Waals surface area contributed by atoms with E-state index in [0.717, 1.165) is 18.1 Å². The predicted octanol–water partition coefficient (Wildman–Crippen LogP) is 3.49. The average molecular weight is 283 g/mol. The zero-order valence-corrected chi connectivity index (χ0v) is 12.8. The first-order valence-corrected chi connectivity index (χ1v) is 7.24. The molecule has 0 aliphatic rings. The molecule has 0 aliphatic carbocycles. The molecule has 0 radical (unpaired) electrons. The van der Waals surface area contributed by atoms with Crippen LogP contribution in [0.3, 0.4) is 0 Å². The molecule has 4 nitrogen and oxygen atoms in total. The van der Waals surface area contributed by atoms with Crippen LogP contribution in [0.1, 0.15) is 29.8 Å². The minimum absolute atomic E-state index is 0.0112. The fraction of sp³-hybridized carbons (Fsp3) is 0.294. The minimum Gasteiger partial charge on any atom is -0.370 e. The van der Waals surface area contributed by atoms with E-state index >= 15 is 0 Å². The SMILES string of the molecule is CCNc1cc(C(=O)N(CC)c2ccc(C)cc2)ccn1. The van der Waals surface area contributed by atoms with Crippen LogP contribution >= 0.6 is 0 Å². The van der Waals surface area contributed by atoms with Gasteiger partial charge in [-0.15, -0.1) is 0 Å². The summed E-state index contributed by atoms with van der Waals surface area (Å²) in [5, 5.41) is 3.13. The molecule has 0 fully saturated rings. The number of hydrogen-bond acceptors (Lipinski definition) is 3. The first kappa shape index (κ1) is 15.0. The molecule has 2 rings (SSSR count). The highest BCUT2D eigenvalue weighted by Crippen LogP contribution is 2.18. The minimum atomic E-state index is -0.0112. The molecule has 0 unspecified atom stereocenters. The first-order chi connectivity index (χ1) is 10.2. The summed E-state index contributed by atoms with van der Waals surface area (Å²) in [4.78, 5) is 18.7. The maximum Gasteiger partial charge on any atom is 0.258 e. The van der Waals surface area contributed by atoms with Crippen molar-refractivity contribution in [2.45, 2.75) is 20.8 Å². The molecule has 21 heavy (non-hydrogen) atoms. The summed E-state index contributed by atoms with van der Waals surface area (Å²) >= 11 is 0. The second-order valence-corrected chi connectivity index (χ2v) is 4.85. The number of carbonyl (C=O) groups is 1. The number of aromatic nitrogens is 1. The third-order valence-corrected chi connectivity index (χ3v) is 3.27. The van der Waals surface area contributed by atoms with Crippen molar-refractivity contribution in [3.8, 4) is 0 Å². The smallest absolute Gasteiger partial charge is 0.258 e. The number of aryl methyl sites for hydroxylation is 1. The van der Waals surface area contributed by atoms with Gasteiger partial charge >= 0.3 is 0 Å². The van der Waals surface area contributed by atoms with Gasteiger partial charge in [0, 0.05) is 30.5 Å². The van der Waals surface area contributed by atoms with Crippen molar-refractivity contribution in [2.75, 3.05) is 23.3 Å². The third kappa shape index (κ3) is 3.60. The second kappa shape index (κ2) is 6.88. The topological polar surface area (TPSA) is 45.2 Å². The lowest BCUT2D eigenvalue weighted by Crippen LogP contribution is -2.30. The van der Waals surface area contributed by atoms with E-state index < -0.39 is 0 Å². The highest BCUT2D eigenvalue weighted by Gasteiger charge is 2.16. The van der Waals surface area contributed by atoms with Gasteiger partial charge in [0.15, 0.2) is 0 Å². The van der Waals surface area contributed by atoms with Crippen LogP contribution in [0.5, 0.6) is 0 Å². The van der Waals surface area contributed by atoms with Crippen molar-refractivity contribution in [3.05, 3.63) is 53.7 Å². The molecule has 0 atom stereocenters. The van der Waals surface area contributed by atoms with Gasteiger partial charge in [0.25, 0.3) is 5.91 Å². The zero-order valence-electron chi connectivity index (χ0n) is 12.8. The molecular formula is C17H21N3O. The van der Waals surface area contributed by atoms with E-state index in [1.54, 1.807) is 23.2 Å². The maximum atomic E-state index is 12.7. The lowest BCUT2D eigenvalue weighted by molar-refractivity contribution is 0.0988. The number of nitrogens with one attached hydrogen (secondary N) is 1. The monoisotopic (exact) mass is 283 g/mol. The van der Waals surface area contributed by atoms with E-state index in [4.69, 9.17) is 0 Å². The number of rotatable bonds is 5. The molecule has 1 N–H and O–H groups in total. The van der Waals surface area contributed by atoms with E-state index in [0.29, 0.717) is 12.1 Å². The summed E-state index contributed by atoms with van der Waals surface area (Å²) in [7, 11) is 0.